The Morgan fingerprint density at radius 1 is 1.33 bits per heavy atom. The summed E-state index contributed by atoms with van der Waals surface area (Å²) in [4.78, 5) is 6.71. The number of nitrogens with one attached hydrogen (secondary N) is 1. The number of para-hydroxylation sites is 1. The van der Waals surface area contributed by atoms with Crippen LogP contribution in [-0.2, 0) is 19.5 Å². The largest absolute Gasteiger partial charge is 0.496 e. The van der Waals surface area contributed by atoms with Crippen molar-refractivity contribution >= 4 is 5.96 Å². The van der Waals surface area contributed by atoms with Gasteiger partial charge in [0, 0.05) is 31.8 Å². The van der Waals surface area contributed by atoms with Crippen LogP contribution in [0.15, 0.2) is 39.8 Å². The van der Waals surface area contributed by atoms with Gasteiger partial charge in [-0.3, -0.25) is 0 Å². The molecule has 6 nitrogen and oxygen atoms in total. The number of methoxy groups -OCH3 is 1. The number of guanidine groups is 1. The van der Waals surface area contributed by atoms with Crippen molar-refractivity contribution in [1.29, 1.82) is 0 Å². The molecular formula is C18H26N4O2. The zero-order chi connectivity index (χ0) is 17.4. The molecule has 0 amide bonds. The van der Waals surface area contributed by atoms with Gasteiger partial charge in [0.05, 0.1) is 12.8 Å². The SMILES string of the molecule is CCNC(=NCc1cc(CC)no1)N(C)Cc1ccccc1OC. The van der Waals surface area contributed by atoms with Crippen LogP contribution in [0.25, 0.3) is 0 Å². The van der Waals surface area contributed by atoms with E-state index in [2.05, 4.69) is 40.3 Å². The maximum Gasteiger partial charge on any atom is 0.194 e. The van der Waals surface area contributed by atoms with E-state index in [1.165, 1.54) is 0 Å². The standard InChI is InChI=1S/C18H26N4O2/c1-5-15-11-16(24-21-15)12-20-18(19-6-2)22(3)13-14-9-7-8-10-17(14)23-4/h7-11H,5-6,12-13H2,1-4H3,(H,19,20). The van der Waals surface area contributed by atoms with Gasteiger partial charge in [-0.1, -0.05) is 30.3 Å². The molecule has 0 aliphatic carbocycles. The summed E-state index contributed by atoms with van der Waals surface area (Å²) < 4.78 is 10.7. The minimum absolute atomic E-state index is 0.464. The zero-order valence-electron chi connectivity index (χ0n) is 14.9. The first-order chi connectivity index (χ1) is 11.7. The molecule has 1 N–H and O–H groups in total. The summed E-state index contributed by atoms with van der Waals surface area (Å²) in [6, 6.07) is 9.96. The number of hydrogen-bond acceptors (Lipinski definition) is 4. The number of hydrogen-bond donors (Lipinski definition) is 1. The Morgan fingerprint density at radius 2 is 2.12 bits per heavy atom. The lowest BCUT2D eigenvalue weighted by atomic mass is 10.2. The monoisotopic (exact) mass is 330 g/mol. The van der Waals surface area contributed by atoms with Crippen molar-refractivity contribution in [1.82, 2.24) is 15.4 Å². The Hall–Kier alpha value is -2.50. The molecule has 0 radical (unpaired) electrons. The van der Waals surface area contributed by atoms with Crippen molar-refractivity contribution in [3.05, 3.63) is 47.3 Å². The van der Waals surface area contributed by atoms with Gasteiger partial charge in [0.2, 0.25) is 0 Å². The molecule has 0 saturated carbocycles. The molecule has 0 spiro atoms. The molecule has 1 aromatic heterocycles. The summed E-state index contributed by atoms with van der Waals surface area (Å²) in [5.41, 5.74) is 2.06. The Balaban J connectivity index is 2.08. The van der Waals surface area contributed by atoms with Crippen LogP contribution >= 0.6 is 0 Å². The molecule has 1 aromatic carbocycles. The lowest BCUT2D eigenvalue weighted by Gasteiger charge is -2.23. The van der Waals surface area contributed by atoms with Crippen LogP contribution < -0.4 is 10.1 Å². The summed E-state index contributed by atoms with van der Waals surface area (Å²) in [7, 11) is 3.69. The normalized spacial score (nSPS) is 11.4. The first-order valence-electron chi connectivity index (χ1n) is 8.23. The fourth-order valence-electron chi connectivity index (χ4n) is 2.38. The highest BCUT2D eigenvalue weighted by molar-refractivity contribution is 5.79. The van der Waals surface area contributed by atoms with E-state index in [1.807, 2.05) is 31.3 Å². The fourth-order valence-corrected chi connectivity index (χ4v) is 2.38. The van der Waals surface area contributed by atoms with Gasteiger partial charge in [0.15, 0.2) is 11.7 Å². The Bertz CT molecular complexity index is 667. The molecule has 1 heterocycles. The second-order valence-corrected chi connectivity index (χ2v) is 5.48. The highest BCUT2D eigenvalue weighted by atomic mass is 16.5. The second-order valence-electron chi connectivity index (χ2n) is 5.48. The van der Waals surface area contributed by atoms with Crippen LogP contribution in [0.4, 0.5) is 0 Å². The predicted molar refractivity (Wildman–Crippen MR) is 95.2 cm³/mol. The van der Waals surface area contributed by atoms with Gasteiger partial charge in [-0.05, 0) is 19.4 Å². The molecule has 2 aromatic rings. The van der Waals surface area contributed by atoms with E-state index < -0.39 is 0 Å². The zero-order valence-corrected chi connectivity index (χ0v) is 14.9. The lowest BCUT2D eigenvalue weighted by molar-refractivity contribution is 0.377. The number of nitrogens with zero attached hydrogens (tertiary/aromatic N) is 3. The predicted octanol–water partition coefficient (Wildman–Crippen LogP) is 2.84. The van der Waals surface area contributed by atoms with Crippen LogP contribution in [0, 0.1) is 0 Å². The highest BCUT2D eigenvalue weighted by Gasteiger charge is 2.10. The van der Waals surface area contributed by atoms with Gasteiger partial charge >= 0.3 is 0 Å². The molecule has 6 heteroatoms. The summed E-state index contributed by atoms with van der Waals surface area (Å²) >= 11 is 0. The van der Waals surface area contributed by atoms with Gasteiger partial charge in [-0.2, -0.15) is 0 Å². The molecule has 0 fully saturated rings. The second kappa shape index (κ2) is 8.96. The topological polar surface area (TPSA) is 62.9 Å². The van der Waals surface area contributed by atoms with Gasteiger partial charge in [0.1, 0.15) is 12.3 Å². The van der Waals surface area contributed by atoms with E-state index in [9.17, 15) is 0 Å². The number of aliphatic imine (C=N–C) groups is 1. The van der Waals surface area contributed by atoms with Crippen molar-refractivity contribution in [3.63, 3.8) is 0 Å². The molecule has 0 bridgehead atoms. The molecule has 0 unspecified atom stereocenters. The van der Waals surface area contributed by atoms with Crippen molar-refractivity contribution in [3.8, 4) is 5.75 Å². The first kappa shape index (κ1) is 17.8. The number of benzene rings is 1. The fraction of sp³-hybridized carbons (Fsp3) is 0.444. The van der Waals surface area contributed by atoms with E-state index in [0.29, 0.717) is 13.1 Å². The summed E-state index contributed by atoms with van der Waals surface area (Å²) in [6.45, 7) is 6.07. The minimum atomic E-state index is 0.464. The van der Waals surface area contributed by atoms with Gasteiger partial charge in [0.25, 0.3) is 0 Å². The van der Waals surface area contributed by atoms with E-state index in [-0.39, 0.29) is 0 Å². The summed E-state index contributed by atoms with van der Waals surface area (Å²) in [6.07, 6.45) is 0.862. The molecule has 0 atom stereocenters. The van der Waals surface area contributed by atoms with E-state index in [1.54, 1.807) is 7.11 Å². The van der Waals surface area contributed by atoms with Crippen LogP contribution in [-0.4, -0.2) is 36.7 Å². The molecule has 2 rings (SSSR count). The van der Waals surface area contributed by atoms with Crippen molar-refractivity contribution in [2.45, 2.75) is 33.4 Å². The average molecular weight is 330 g/mol. The van der Waals surface area contributed by atoms with Crippen molar-refractivity contribution in [2.75, 3.05) is 20.7 Å². The summed E-state index contributed by atoms with van der Waals surface area (Å²) in [5.74, 6) is 2.47. The molecule has 0 saturated heterocycles. The number of rotatable bonds is 7. The van der Waals surface area contributed by atoms with Crippen LogP contribution in [0.1, 0.15) is 30.9 Å². The first-order valence-corrected chi connectivity index (χ1v) is 8.23. The van der Waals surface area contributed by atoms with Crippen LogP contribution in [0.3, 0.4) is 0 Å². The third-order valence-corrected chi connectivity index (χ3v) is 3.65. The maximum atomic E-state index is 5.42. The van der Waals surface area contributed by atoms with Crippen LogP contribution in [0.2, 0.25) is 0 Å². The number of aryl methyl sites for hydroxylation is 1. The van der Waals surface area contributed by atoms with Crippen molar-refractivity contribution < 1.29 is 9.26 Å². The third kappa shape index (κ3) is 4.75. The van der Waals surface area contributed by atoms with E-state index in [0.717, 1.165) is 41.7 Å². The molecule has 0 aliphatic heterocycles. The lowest BCUT2D eigenvalue weighted by Crippen LogP contribution is -2.38. The van der Waals surface area contributed by atoms with Gasteiger partial charge in [-0.25, -0.2) is 4.99 Å². The molecule has 0 aliphatic rings. The van der Waals surface area contributed by atoms with E-state index >= 15 is 0 Å². The number of ether oxygens (including phenoxy) is 1. The molecular weight excluding hydrogens is 304 g/mol. The Kier molecular flexibility index (Phi) is 6.66. The van der Waals surface area contributed by atoms with E-state index in [4.69, 9.17) is 9.26 Å². The van der Waals surface area contributed by atoms with Crippen LogP contribution in [0.5, 0.6) is 5.75 Å². The molecule has 130 valence electrons. The quantitative estimate of drug-likeness (QED) is 0.625. The Labute approximate surface area is 143 Å². The third-order valence-electron chi connectivity index (χ3n) is 3.65. The highest BCUT2D eigenvalue weighted by Crippen LogP contribution is 2.18. The van der Waals surface area contributed by atoms with Gasteiger partial charge < -0.3 is 19.5 Å². The maximum absolute atomic E-state index is 5.42. The number of aromatic nitrogens is 1. The Morgan fingerprint density at radius 3 is 2.79 bits per heavy atom. The smallest absolute Gasteiger partial charge is 0.194 e. The molecule has 24 heavy (non-hydrogen) atoms. The summed E-state index contributed by atoms with van der Waals surface area (Å²) in [5, 5.41) is 7.30. The minimum Gasteiger partial charge on any atom is -0.496 e. The average Bonchev–Trinajstić information content (AvgIpc) is 3.07. The van der Waals surface area contributed by atoms with Gasteiger partial charge in [-0.15, -0.1) is 0 Å². The van der Waals surface area contributed by atoms with Crippen molar-refractivity contribution in [2.24, 2.45) is 4.99 Å².